The van der Waals surface area contributed by atoms with E-state index in [0.29, 0.717) is 39.5 Å². The topological polar surface area (TPSA) is 54.0 Å². The van der Waals surface area contributed by atoms with E-state index in [4.69, 9.17) is 18.9 Å². The molecule has 100 valence electrons. The fourth-order valence-electron chi connectivity index (χ4n) is 1.53. The summed E-state index contributed by atoms with van der Waals surface area (Å²) >= 11 is 0. The van der Waals surface area contributed by atoms with Crippen LogP contribution in [0.15, 0.2) is 0 Å². The van der Waals surface area contributed by atoms with Gasteiger partial charge in [-0.1, -0.05) is 0 Å². The van der Waals surface area contributed by atoms with Gasteiger partial charge in [0.25, 0.3) is 0 Å². The highest BCUT2D eigenvalue weighted by molar-refractivity contribution is 5.49. The molecule has 5 heteroatoms. The molecule has 1 atom stereocenters. The van der Waals surface area contributed by atoms with Crippen molar-refractivity contribution in [2.24, 2.45) is 0 Å². The molecule has 1 aliphatic heterocycles. The molecule has 1 aliphatic rings. The van der Waals surface area contributed by atoms with E-state index in [9.17, 15) is 4.79 Å². The maximum absolute atomic E-state index is 9.99. The number of carbonyl (C=O) groups is 1. The molecular weight excluding hydrogens is 224 g/mol. The predicted molar refractivity (Wildman–Crippen MR) is 61.9 cm³/mol. The Bertz CT molecular complexity index is 180. The third kappa shape index (κ3) is 8.26. The Balaban J connectivity index is 1.76. The number of hydrogen-bond acceptors (Lipinski definition) is 5. The van der Waals surface area contributed by atoms with Crippen LogP contribution in [0, 0.1) is 0 Å². The van der Waals surface area contributed by atoms with E-state index < -0.39 is 0 Å². The summed E-state index contributed by atoms with van der Waals surface area (Å²) in [6, 6.07) is 0. The molecule has 0 bridgehead atoms. The second-order valence-electron chi connectivity index (χ2n) is 3.85. The molecule has 5 nitrogen and oxygen atoms in total. The first kappa shape index (κ1) is 14.6. The van der Waals surface area contributed by atoms with Crippen LogP contribution in [0.2, 0.25) is 0 Å². The standard InChI is InChI=1S/C12H22O5/c13-5-3-6-14-8-9-15-10-11-17-12-4-1-2-7-16-12/h5,12H,1-4,6-11H2. The van der Waals surface area contributed by atoms with Gasteiger partial charge in [0.05, 0.1) is 33.0 Å². The van der Waals surface area contributed by atoms with Crippen molar-refractivity contribution in [1.29, 1.82) is 0 Å². The molecule has 0 aromatic carbocycles. The Morgan fingerprint density at radius 2 is 1.82 bits per heavy atom. The molecule has 0 aliphatic carbocycles. The van der Waals surface area contributed by atoms with Gasteiger partial charge in [0.1, 0.15) is 6.29 Å². The lowest BCUT2D eigenvalue weighted by atomic mass is 10.2. The number of ether oxygens (including phenoxy) is 4. The Morgan fingerprint density at radius 1 is 1.06 bits per heavy atom. The molecular formula is C12H22O5. The molecule has 0 saturated carbocycles. The van der Waals surface area contributed by atoms with Crippen LogP contribution in [0.25, 0.3) is 0 Å². The molecule has 1 saturated heterocycles. The van der Waals surface area contributed by atoms with Gasteiger partial charge in [0, 0.05) is 13.0 Å². The Labute approximate surface area is 102 Å². The van der Waals surface area contributed by atoms with Crippen LogP contribution < -0.4 is 0 Å². The van der Waals surface area contributed by atoms with Crippen molar-refractivity contribution in [3.63, 3.8) is 0 Å². The quantitative estimate of drug-likeness (QED) is 0.427. The molecule has 0 aromatic rings. The molecule has 0 amide bonds. The lowest BCUT2D eigenvalue weighted by Crippen LogP contribution is -2.24. The second kappa shape index (κ2) is 10.7. The minimum Gasteiger partial charge on any atom is -0.379 e. The van der Waals surface area contributed by atoms with Crippen LogP contribution in [0.3, 0.4) is 0 Å². The lowest BCUT2D eigenvalue weighted by molar-refractivity contribution is -0.169. The lowest BCUT2D eigenvalue weighted by Gasteiger charge is -2.22. The number of aldehydes is 1. The predicted octanol–water partition coefficient (Wildman–Crippen LogP) is 1.15. The molecule has 1 unspecified atom stereocenters. The van der Waals surface area contributed by atoms with Gasteiger partial charge < -0.3 is 23.7 Å². The van der Waals surface area contributed by atoms with Crippen LogP contribution in [-0.2, 0) is 23.7 Å². The number of carbonyl (C=O) groups excluding carboxylic acids is 1. The van der Waals surface area contributed by atoms with Gasteiger partial charge in [0.2, 0.25) is 0 Å². The zero-order valence-electron chi connectivity index (χ0n) is 10.3. The van der Waals surface area contributed by atoms with Crippen molar-refractivity contribution in [1.82, 2.24) is 0 Å². The molecule has 0 N–H and O–H groups in total. The van der Waals surface area contributed by atoms with Gasteiger partial charge in [-0.05, 0) is 19.3 Å². The van der Waals surface area contributed by atoms with Gasteiger partial charge in [0.15, 0.2) is 6.29 Å². The molecule has 1 fully saturated rings. The summed E-state index contributed by atoms with van der Waals surface area (Å²) in [5, 5.41) is 0. The summed E-state index contributed by atoms with van der Waals surface area (Å²) in [5.74, 6) is 0. The Morgan fingerprint density at radius 3 is 2.53 bits per heavy atom. The van der Waals surface area contributed by atoms with Crippen LogP contribution >= 0.6 is 0 Å². The monoisotopic (exact) mass is 246 g/mol. The molecule has 0 spiro atoms. The molecule has 1 rings (SSSR count). The van der Waals surface area contributed by atoms with E-state index in [1.807, 2.05) is 0 Å². The van der Waals surface area contributed by atoms with E-state index in [1.54, 1.807) is 0 Å². The van der Waals surface area contributed by atoms with Gasteiger partial charge >= 0.3 is 0 Å². The fraction of sp³-hybridized carbons (Fsp3) is 0.917. The van der Waals surface area contributed by atoms with Crippen LogP contribution in [0.5, 0.6) is 0 Å². The molecule has 0 aromatic heterocycles. The van der Waals surface area contributed by atoms with Crippen molar-refractivity contribution < 1.29 is 23.7 Å². The fourth-order valence-corrected chi connectivity index (χ4v) is 1.53. The van der Waals surface area contributed by atoms with Crippen molar-refractivity contribution in [2.45, 2.75) is 32.0 Å². The van der Waals surface area contributed by atoms with Crippen molar-refractivity contribution >= 4 is 6.29 Å². The van der Waals surface area contributed by atoms with E-state index >= 15 is 0 Å². The average molecular weight is 246 g/mol. The highest BCUT2D eigenvalue weighted by Gasteiger charge is 2.13. The van der Waals surface area contributed by atoms with Crippen molar-refractivity contribution in [3.8, 4) is 0 Å². The highest BCUT2D eigenvalue weighted by Crippen LogP contribution is 2.13. The third-order valence-electron chi connectivity index (χ3n) is 2.42. The Hall–Kier alpha value is -0.490. The summed E-state index contributed by atoms with van der Waals surface area (Å²) in [5.41, 5.74) is 0. The normalized spacial score (nSPS) is 20.4. The average Bonchev–Trinajstić information content (AvgIpc) is 2.38. The van der Waals surface area contributed by atoms with Gasteiger partial charge in [-0.2, -0.15) is 0 Å². The van der Waals surface area contributed by atoms with Crippen LogP contribution in [0.1, 0.15) is 25.7 Å². The SMILES string of the molecule is O=CCCOCCOCCOC1CCCCO1. The maximum atomic E-state index is 9.99. The number of hydrogen-bond donors (Lipinski definition) is 0. The smallest absolute Gasteiger partial charge is 0.157 e. The number of rotatable bonds is 10. The first-order chi connectivity index (χ1) is 8.43. The van der Waals surface area contributed by atoms with E-state index in [2.05, 4.69) is 0 Å². The van der Waals surface area contributed by atoms with Gasteiger partial charge in [-0.15, -0.1) is 0 Å². The minimum atomic E-state index is -0.0452. The Kier molecular flexibility index (Phi) is 9.13. The summed E-state index contributed by atoms with van der Waals surface area (Å²) in [7, 11) is 0. The third-order valence-corrected chi connectivity index (χ3v) is 2.42. The zero-order valence-corrected chi connectivity index (χ0v) is 10.3. The molecule has 0 radical (unpaired) electrons. The van der Waals surface area contributed by atoms with E-state index in [1.165, 1.54) is 6.42 Å². The summed E-state index contributed by atoms with van der Waals surface area (Å²) in [6.45, 7) is 3.44. The van der Waals surface area contributed by atoms with Crippen molar-refractivity contribution in [2.75, 3.05) is 39.6 Å². The second-order valence-corrected chi connectivity index (χ2v) is 3.85. The summed E-state index contributed by atoms with van der Waals surface area (Å²) in [6.07, 6.45) is 4.54. The van der Waals surface area contributed by atoms with Crippen LogP contribution in [-0.4, -0.2) is 52.2 Å². The molecule has 17 heavy (non-hydrogen) atoms. The first-order valence-electron chi connectivity index (χ1n) is 6.26. The van der Waals surface area contributed by atoms with Gasteiger partial charge in [-0.25, -0.2) is 0 Å². The van der Waals surface area contributed by atoms with Crippen LogP contribution in [0.4, 0.5) is 0 Å². The largest absolute Gasteiger partial charge is 0.379 e. The highest BCUT2D eigenvalue weighted by atomic mass is 16.7. The van der Waals surface area contributed by atoms with Gasteiger partial charge in [-0.3, -0.25) is 0 Å². The summed E-state index contributed by atoms with van der Waals surface area (Å²) < 4.78 is 21.4. The zero-order chi connectivity index (χ0) is 12.2. The maximum Gasteiger partial charge on any atom is 0.157 e. The van der Waals surface area contributed by atoms with E-state index in [0.717, 1.165) is 25.7 Å². The van der Waals surface area contributed by atoms with E-state index in [-0.39, 0.29) is 6.29 Å². The summed E-state index contributed by atoms with van der Waals surface area (Å²) in [4.78, 5) is 9.99. The molecule has 1 heterocycles. The minimum absolute atomic E-state index is 0.0452. The first-order valence-corrected chi connectivity index (χ1v) is 6.26. The van der Waals surface area contributed by atoms with Crippen molar-refractivity contribution in [3.05, 3.63) is 0 Å².